The van der Waals surface area contributed by atoms with Crippen LogP contribution in [0, 0.1) is 5.92 Å². The van der Waals surface area contributed by atoms with Crippen molar-refractivity contribution in [3.05, 3.63) is 55.1 Å². The van der Waals surface area contributed by atoms with E-state index in [4.69, 9.17) is 15.2 Å². The maximum absolute atomic E-state index is 12.3. The molecule has 2 aliphatic rings. The number of nitrogen functional groups attached to an aromatic ring is 1. The normalized spacial score (nSPS) is 15.9. The number of nitrogens with two attached hydrogens (primary N) is 1. The summed E-state index contributed by atoms with van der Waals surface area (Å²) in [4.78, 5) is 16.2. The highest BCUT2D eigenvalue weighted by Gasteiger charge is 2.31. The van der Waals surface area contributed by atoms with Crippen LogP contribution in [0.5, 0.6) is 5.75 Å². The minimum atomic E-state index is -0.408. The zero-order valence-corrected chi connectivity index (χ0v) is 21.7. The van der Waals surface area contributed by atoms with E-state index in [1.807, 2.05) is 41.9 Å². The molecule has 6 rings (SSSR count). The lowest BCUT2D eigenvalue weighted by Crippen LogP contribution is -2.21. The van der Waals surface area contributed by atoms with Gasteiger partial charge >= 0.3 is 6.09 Å². The first-order chi connectivity index (χ1) is 18.6. The number of fused-ring (bicyclic) bond motifs is 1. The van der Waals surface area contributed by atoms with E-state index in [1.54, 1.807) is 12.7 Å². The van der Waals surface area contributed by atoms with Gasteiger partial charge in [0.15, 0.2) is 0 Å². The van der Waals surface area contributed by atoms with Crippen LogP contribution in [0.4, 0.5) is 16.2 Å². The van der Waals surface area contributed by atoms with Crippen LogP contribution < -0.4 is 15.8 Å². The second-order valence-electron chi connectivity index (χ2n) is 10.4. The maximum Gasteiger partial charge on any atom is 0.411 e. The molecule has 4 aromatic rings. The monoisotopic (exact) mass is 514 g/mol. The highest BCUT2D eigenvalue weighted by molar-refractivity contribution is 6.02. The minimum Gasteiger partial charge on any atom is -0.494 e. The number of aryl methyl sites for hydroxylation is 1. The molecule has 2 heterocycles. The molecule has 0 unspecified atom stereocenters. The molecule has 2 aromatic carbocycles. The van der Waals surface area contributed by atoms with Crippen molar-refractivity contribution in [3.8, 4) is 17.0 Å². The zero-order chi connectivity index (χ0) is 26.1. The molecular formula is C29H34N6O3. The molecule has 3 N–H and O–H groups in total. The molecule has 2 aliphatic carbocycles. The molecule has 9 nitrogen and oxygen atoms in total. The number of unbranched alkanes of at least 4 members (excludes halogenated alkanes) is 1. The Hall–Kier alpha value is -4.01. The molecule has 2 fully saturated rings. The summed E-state index contributed by atoms with van der Waals surface area (Å²) in [5, 5.41) is 8.01. The average molecular weight is 515 g/mol. The Morgan fingerprint density at radius 2 is 1.95 bits per heavy atom. The Labute approximate surface area is 221 Å². The number of nitrogens with one attached hydrogen (secondary N) is 1. The van der Waals surface area contributed by atoms with Crippen LogP contribution in [0.1, 0.15) is 51.5 Å². The summed E-state index contributed by atoms with van der Waals surface area (Å²) in [6.45, 7) is 3.43. The number of aromatic nitrogens is 4. The topological polar surface area (TPSA) is 109 Å². The second-order valence-corrected chi connectivity index (χ2v) is 10.4. The van der Waals surface area contributed by atoms with Gasteiger partial charge in [-0.1, -0.05) is 12.1 Å². The molecule has 0 radical (unpaired) electrons. The van der Waals surface area contributed by atoms with Crippen molar-refractivity contribution in [1.82, 2.24) is 19.3 Å². The second kappa shape index (κ2) is 10.4. The van der Waals surface area contributed by atoms with Crippen molar-refractivity contribution in [2.24, 2.45) is 5.92 Å². The van der Waals surface area contributed by atoms with Crippen molar-refractivity contribution in [3.63, 3.8) is 0 Å². The number of hydrogen-bond acceptors (Lipinski definition) is 6. The number of nitrogens with zero attached hydrogens (tertiary/aromatic N) is 4. The van der Waals surface area contributed by atoms with Gasteiger partial charge < -0.3 is 19.8 Å². The number of carbonyl (C=O) groups excluding carboxylic acids is 1. The Kier molecular flexibility index (Phi) is 6.66. The third-order valence-corrected chi connectivity index (χ3v) is 7.43. The molecule has 0 bridgehead atoms. The summed E-state index contributed by atoms with van der Waals surface area (Å²) >= 11 is 0. The molecule has 0 aliphatic heterocycles. The van der Waals surface area contributed by atoms with Gasteiger partial charge in [0.25, 0.3) is 0 Å². The van der Waals surface area contributed by atoms with Crippen LogP contribution in [-0.4, -0.2) is 38.1 Å². The van der Waals surface area contributed by atoms with E-state index in [2.05, 4.69) is 32.1 Å². The first-order valence-corrected chi connectivity index (χ1v) is 13.5. The molecule has 1 atom stereocenters. The fourth-order valence-electron chi connectivity index (χ4n) is 5.02. The van der Waals surface area contributed by atoms with E-state index in [0.29, 0.717) is 24.3 Å². The highest BCUT2D eigenvalue weighted by atomic mass is 16.6. The summed E-state index contributed by atoms with van der Waals surface area (Å²) in [7, 11) is 0. The van der Waals surface area contributed by atoms with Gasteiger partial charge in [-0.15, -0.1) is 0 Å². The van der Waals surface area contributed by atoms with Gasteiger partial charge in [-0.05, 0) is 75.6 Å². The summed E-state index contributed by atoms with van der Waals surface area (Å²) in [6, 6.07) is 14.4. The fourth-order valence-corrected chi connectivity index (χ4v) is 5.02. The van der Waals surface area contributed by atoms with Gasteiger partial charge in [0.2, 0.25) is 0 Å². The number of rotatable bonds is 11. The number of ether oxygens (including phenoxy) is 2. The first kappa shape index (κ1) is 24.3. The van der Waals surface area contributed by atoms with E-state index >= 15 is 0 Å². The minimum absolute atomic E-state index is 0.0446. The Morgan fingerprint density at radius 1 is 1.13 bits per heavy atom. The molecule has 1 amide bonds. The van der Waals surface area contributed by atoms with Gasteiger partial charge in [0.05, 0.1) is 23.5 Å². The molecular weight excluding hydrogens is 480 g/mol. The SMILES string of the molecule is C[C@@H](OC(=O)Nc1ccc(-c2c(N)c3ccc(OCCCCn4cncn4)cc3n2C2CC2)cc1)C1CC1. The van der Waals surface area contributed by atoms with Gasteiger partial charge in [-0.25, -0.2) is 9.78 Å². The van der Waals surface area contributed by atoms with Crippen LogP contribution in [0.3, 0.4) is 0 Å². The molecule has 0 saturated heterocycles. The van der Waals surface area contributed by atoms with Crippen LogP contribution >= 0.6 is 0 Å². The van der Waals surface area contributed by atoms with Gasteiger partial charge in [0, 0.05) is 35.3 Å². The molecule has 2 saturated carbocycles. The molecule has 0 spiro atoms. The number of amides is 1. The lowest BCUT2D eigenvalue weighted by molar-refractivity contribution is 0.108. The van der Waals surface area contributed by atoms with Crippen molar-refractivity contribution >= 4 is 28.4 Å². The Bertz CT molecular complexity index is 1400. The molecule has 9 heteroatoms. The summed E-state index contributed by atoms with van der Waals surface area (Å²) in [6.07, 6.45) is 9.28. The smallest absolute Gasteiger partial charge is 0.411 e. The summed E-state index contributed by atoms with van der Waals surface area (Å²) in [5.41, 5.74) is 11.3. The molecule has 198 valence electrons. The van der Waals surface area contributed by atoms with Crippen molar-refractivity contribution in [1.29, 1.82) is 0 Å². The summed E-state index contributed by atoms with van der Waals surface area (Å²) in [5.74, 6) is 1.36. The third kappa shape index (κ3) is 5.32. The molecule has 2 aromatic heterocycles. The van der Waals surface area contributed by atoms with E-state index in [1.165, 1.54) is 0 Å². The standard InChI is InChI=1S/C29H34N6O3/c1-19(20-4-5-20)38-29(36)33-22-8-6-21(7-9-22)28-27(30)25-13-12-24(16-26(25)35(28)23-10-11-23)37-15-3-2-14-34-18-31-17-32-34/h6-9,12-13,16-20,23H,2-5,10-11,14-15,30H2,1H3,(H,33,36)/t19-/m1/s1. The Balaban J connectivity index is 1.16. The summed E-state index contributed by atoms with van der Waals surface area (Å²) < 4.78 is 15.8. The van der Waals surface area contributed by atoms with E-state index < -0.39 is 6.09 Å². The number of hydrogen-bond donors (Lipinski definition) is 2. The van der Waals surface area contributed by atoms with Crippen molar-refractivity contribution in [2.45, 2.75) is 64.1 Å². The first-order valence-electron chi connectivity index (χ1n) is 13.5. The highest BCUT2D eigenvalue weighted by Crippen LogP contribution is 2.47. The fraction of sp³-hybridized carbons (Fsp3) is 0.414. The Morgan fingerprint density at radius 3 is 2.66 bits per heavy atom. The van der Waals surface area contributed by atoms with Crippen molar-refractivity contribution < 1.29 is 14.3 Å². The average Bonchev–Trinajstić information content (AvgIpc) is 3.85. The van der Waals surface area contributed by atoms with Crippen LogP contribution in [0.15, 0.2) is 55.1 Å². The predicted octanol–water partition coefficient (Wildman–Crippen LogP) is 6.02. The number of benzene rings is 2. The quantitative estimate of drug-likeness (QED) is 0.237. The number of carbonyl (C=O) groups is 1. The van der Waals surface area contributed by atoms with Crippen LogP contribution in [0.2, 0.25) is 0 Å². The van der Waals surface area contributed by atoms with E-state index in [9.17, 15) is 4.79 Å². The third-order valence-electron chi connectivity index (χ3n) is 7.43. The number of anilines is 2. The van der Waals surface area contributed by atoms with E-state index in [-0.39, 0.29) is 6.10 Å². The largest absolute Gasteiger partial charge is 0.494 e. The van der Waals surface area contributed by atoms with Crippen LogP contribution in [0.25, 0.3) is 22.2 Å². The predicted molar refractivity (Wildman–Crippen MR) is 147 cm³/mol. The maximum atomic E-state index is 12.3. The lowest BCUT2D eigenvalue weighted by Gasteiger charge is -2.14. The molecule has 38 heavy (non-hydrogen) atoms. The van der Waals surface area contributed by atoms with E-state index in [0.717, 1.165) is 78.7 Å². The van der Waals surface area contributed by atoms with Gasteiger partial charge in [0.1, 0.15) is 24.5 Å². The zero-order valence-electron chi connectivity index (χ0n) is 21.7. The van der Waals surface area contributed by atoms with Gasteiger partial charge in [-0.3, -0.25) is 10.00 Å². The van der Waals surface area contributed by atoms with Crippen molar-refractivity contribution in [2.75, 3.05) is 17.7 Å². The van der Waals surface area contributed by atoms with Crippen LogP contribution in [-0.2, 0) is 11.3 Å². The lowest BCUT2D eigenvalue weighted by atomic mass is 10.1. The van der Waals surface area contributed by atoms with Gasteiger partial charge in [-0.2, -0.15) is 5.10 Å².